The molecule has 0 saturated heterocycles. The molecule has 0 atom stereocenters. The zero-order chi connectivity index (χ0) is 31.6. The first kappa shape index (κ1) is 31.6. The van der Waals surface area contributed by atoms with Gasteiger partial charge in [0.05, 0.1) is 35.2 Å². The van der Waals surface area contributed by atoms with Crippen molar-refractivity contribution in [1.29, 1.82) is 0 Å². The smallest absolute Gasteiger partial charge is 0.262 e. The minimum absolute atomic E-state index is 0.110. The van der Waals surface area contributed by atoms with Gasteiger partial charge in [0.2, 0.25) is 0 Å². The van der Waals surface area contributed by atoms with Crippen LogP contribution >= 0.6 is 0 Å². The van der Waals surface area contributed by atoms with Crippen molar-refractivity contribution in [3.63, 3.8) is 0 Å². The van der Waals surface area contributed by atoms with E-state index in [1.165, 1.54) is 25.3 Å². The molecule has 44 heavy (non-hydrogen) atoms. The van der Waals surface area contributed by atoms with E-state index in [1.54, 1.807) is 24.1 Å². The van der Waals surface area contributed by atoms with Crippen LogP contribution in [0.15, 0.2) is 47.5 Å². The van der Waals surface area contributed by atoms with E-state index in [0.29, 0.717) is 23.8 Å². The Morgan fingerprint density at radius 1 is 1.09 bits per heavy atom. The summed E-state index contributed by atoms with van der Waals surface area (Å²) < 4.78 is 71.3. The van der Waals surface area contributed by atoms with E-state index >= 15 is 8.78 Å². The first-order valence-corrected chi connectivity index (χ1v) is 16.1. The average Bonchev–Trinajstić information content (AvgIpc) is 3.41. The van der Waals surface area contributed by atoms with Crippen molar-refractivity contribution < 1.29 is 26.7 Å². The molecule has 13 heteroatoms. The molecule has 4 N–H and O–H groups in total. The van der Waals surface area contributed by atoms with Crippen molar-refractivity contribution in [2.75, 3.05) is 37.8 Å². The van der Waals surface area contributed by atoms with Crippen LogP contribution < -0.4 is 20.5 Å². The van der Waals surface area contributed by atoms with Gasteiger partial charge in [-0.1, -0.05) is 6.07 Å². The Balaban J connectivity index is 1.51. The van der Waals surface area contributed by atoms with Gasteiger partial charge in [0.1, 0.15) is 28.9 Å². The van der Waals surface area contributed by atoms with Gasteiger partial charge in [0.25, 0.3) is 10.0 Å². The van der Waals surface area contributed by atoms with E-state index in [0.717, 1.165) is 55.4 Å². The Morgan fingerprint density at radius 2 is 1.84 bits per heavy atom. The summed E-state index contributed by atoms with van der Waals surface area (Å²) in [5.41, 5.74) is 7.57. The lowest BCUT2D eigenvalue weighted by Gasteiger charge is -2.30. The molecule has 0 spiro atoms. The van der Waals surface area contributed by atoms with Crippen LogP contribution in [-0.2, 0) is 14.8 Å². The number of pyridine rings is 1. The van der Waals surface area contributed by atoms with Crippen LogP contribution in [0.5, 0.6) is 5.75 Å². The molecule has 4 aromatic rings. The van der Waals surface area contributed by atoms with Gasteiger partial charge in [-0.15, -0.1) is 0 Å². The van der Waals surface area contributed by atoms with E-state index in [1.807, 2.05) is 13.8 Å². The number of nitrogens with zero attached hydrogens (tertiary/aromatic N) is 3. The monoisotopic (exact) mass is 628 g/mol. The molecule has 0 bridgehead atoms. The number of nitrogen functional groups attached to an aromatic ring is 1. The molecule has 1 saturated carbocycles. The number of rotatable bonds is 11. The maximum absolute atomic E-state index is 15.8. The summed E-state index contributed by atoms with van der Waals surface area (Å²) in [4.78, 5) is 4.30. The quantitative estimate of drug-likeness (QED) is 0.183. The molecule has 1 aliphatic rings. The Labute approximate surface area is 256 Å². The molecule has 0 radical (unpaired) electrons. The second-order valence-electron chi connectivity index (χ2n) is 11.3. The Morgan fingerprint density at radius 3 is 2.52 bits per heavy atom. The SMILES string of the molecule is COCCNC1CCC(c2cnc(N)c3c(-c4cc(F)c(NS(=O)(=O)c5cccc(OC)c5)cc4F)nn(C(C)C)c23)CC1. The molecule has 2 heterocycles. The molecule has 2 aromatic carbocycles. The largest absolute Gasteiger partial charge is 0.497 e. The van der Waals surface area contributed by atoms with E-state index in [-0.39, 0.29) is 33.9 Å². The fraction of sp³-hybridized carbons (Fsp3) is 0.419. The Bertz CT molecular complexity index is 1750. The highest BCUT2D eigenvalue weighted by atomic mass is 32.2. The highest BCUT2D eigenvalue weighted by Gasteiger charge is 2.29. The van der Waals surface area contributed by atoms with Crippen molar-refractivity contribution in [3.05, 3.63) is 59.8 Å². The standard InChI is InChI=1S/C31H38F2N6O4S/c1-18(2)39-30-24(19-8-10-20(11-9-19)35-12-13-42-3)17-36-31(34)28(30)29(37-39)23-15-26(33)27(16-25(23)32)38-44(40,41)22-7-5-6-21(14-22)43-4/h5-7,14-20,35,38H,8-13H2,1-4H3,(H2,34,36). The van der Waals surface area contributed by atoms with E-state index in [9.17, 15) is 8.42 Å². The molecule has 2 aromatic heterocycles. The van der Waals surface area contributed by atoms with Crippen LogP contribution in [0.2, 0.25) is 0 Å². The predicted octanol–water partition coefficient (Wildman–Crippen LogP) is 5.61. The summed E-state index contributed by atoms with van der Waals surface area (Å²) >= 11 is 0. The topological polar surface area (TPSA) is 133 Å². The Kier molecular flexibility index (Phi) is 9.37. The van der Waals surface area contributed by atoms with E-state index < -0.39 is 27.3 Å². The maximum Gasteiger partial charge on any atom is 0.262 e. The van der Waals surface area contributed by atoms with Crippen LogP contribution in [0.1, 0.15) is 57.1 Å². The van der Waals surface area contributed by atoms with Gasteiger partial charge >= 0.3 is 0 Å². The van der Waals surface area contributed by atoms with Crippen LogP contribution in [0.25, 0.3) is 22.2 Å². The second-order valence-corrected chi connectivity index (χ2v) is 13.0. The number of aromatic nitrogens is 3. The average molecular weight is 629 g/mol. The molecule has 0 amide bonds. The summed E-state index contributed by atoms with van der Waals surface area (Å²) in [5.74, 6) is -1.18. The zero-order valence-corrected chi connectivity index (χ0v) is 26.0. The summed E-state index contributed by atoms with van der Waals surface area (Å²) in [5, 5.41) is 8.71. The van der Waals surface area contributed by atoms with Gasteiger partial charge in [0.15, 0.2) is 0 Å². The first-order valence-electron chi connectivity index (χ1n) is 14.6. The Hall–Kier alpha value is -3.81. The molecule has 1 fully saturated rings. The van der Waals surface area contributed by atoms with E-state index in [2.05, 4.69) is 15.0 Å². The zero-order valence-electron chi connectivity index (χ0n) is 25.2. The van der Waals surface area contributed by atoms with Gasteiger partial charge in [-0.2, -0.15) is 5.10 Å². The molecule has 236 valence electrons. The number of anilines is 2. The van der Waals surface area contributed by atoms with Gasteiger partial charge in [-0.3, -0.25) is 9.40 Å². The number of fused-ring (bicyclic) bond motifs is 1. The normalized spacial score (nSPS) is 17.3. The van der Waals surface area contributed by atoms with Crippen LogP contribution in [-0.4, -0.2) is 56.6 Å². The molecule has 5 rings (SSSR count). The molecule has 1 aliphatic carbocycles. The summed E-state index contributed by atoms with van der Waals surface area (Å²) in [7, 11) is -1.15. The highest BCUT2D eigenvalue weighted by Crippen LogP contribution is 2.42. The third kappa shape index (κ3) is 6.35. The number of ether oxygens (including phenoxy) is 2. The molecule has 0 aliphatic heterocycles. The van der Waals surface area contributed by atoms with Gasteiger partial charge in [-0.05, 0) is 69.2 Å². The van der Waals surface area contributed by atoms with Crippen molar-refractivity contribution in [2.24, 2.45) is 0 Å². The van der Waals surface area contributed by atoms with Crippen LogP contribution in [0, 0.1) is 11.6 Å². The lowest BCUT2D eigenvalue weighted by atomic mass is 9.81. The first-order chi connectivity index (χ1) is 21.0. The van der Waals surface area contributed by atoms with Crippen molar-refractivity contribution in [1.82, 2.24) is 20.1 Å². The minimum Gasteiger partial charge on any atom is -0.497 e. The van der Waals surface area contributed by atoms with Crippen molar-refractivity contribution >= 4 is 32.4 Å². The number of hydrogen-bond acceptors (Lipinski definition) is 8. The number of sulfonamides is 1. The number of methoxy groups -OCH3 is 2. The van der Waals surface area contributed by atoms with E-state index in [4.69, 9.17) is 20.3 Å². The third-order valence-electron chi connectivity index (χ3n) is 8.09. The predicted molar refractivity (Wildman–Crippen MR) is 166 cm³/mol. The molecular formula is C31H38F2N6O4S. The number of halogens is 2. The van der Waals surface area contributed by atoms with Crippen LogP contribution in [0.3, 0.4) is 0 Å². The number of nitrogens with one attached hydrogen (secondary N) is 2. The summed E-state index contributed by atoms with van der Waals surface area (Å²) in [6.45, 7) is 5.37. The molecular weight excluding hydrogens is 590 g/mol. The third-order valence-corrected chi connectivity index (χ3v) is 9.45. The molecule has 0 unspecified atom stereocenters. The van der Waals surface area contributed by atoms with Gasteiger partial charge in [-0.25, -0.2) is 22.2 Å². The molecule has 10 nitrogen and oxygen atoms in total. The number of benzene rings is 2. The summed E-state index contributed by atoms with van der Waals surface area (Å²) in [6, 6.07) is 7.72. The lowest BCUT2D eigenvalue weighted by Crippen LogP contribution is -2.34. The van der Waals surface area contributed by atoms with Crippen molar-refractivity contribution in [3.8, 4) is 17.0 Å². The van der Waals surface area contributed by atoms with Crippen LogP contribution in [0.4, 0.5) is 20.3 Å². The maximum atomic E-state index is 15.8. The fourth-order valence-corrected chi connectivity index (χ4v) is 6.92. The van der Waals surface area contributed by atoms with Gasteiger partial charge < -0.3 is 20.5 Å². The minimum atomic E-state index is -4.24. The number of hydrogen-bond donors (Lipinski definition) is 3. The lowest BCUT2D eigenvalue weighted by molar-refractivity contribution is 0.191. The van der Waals surface area contributed by atoms with Gasteiger partial charge in [0, 0.05) is 49.6 Å². The number of nitrogens with two attached hydrogens (primary N) is 1. The highest BCUT2D eigenvalue weighted by molar-refractivity contribution is 7.92. The van der Waals surface area contributed by atoms with Crippen molar-refractivity contribution in [2.45, 2.75) is 62.4 Å². The fourth-order valence-electron chi connectivity index (χ4n) is 5.83. The second kappa shape index (κ2) is 13.0. The summed E-state index contributed by atoms with van der Waals surface area (Å²) in [6.07, 6.45) is 5.59.